The van der Waals surface area contributed by atoms with E-state index in [1.807, 2.05) is 20.0 Å². The number of nitrogens with zero attached hydrogens (tertiary/aromatic N) is 1. The zero-order valence-electron chi connectivity index (χ0n) is 7.68. The van der Waals surface area contributed by atoms with E-state index in [0.717, 1.165) is 5.70 Å². The summed E-state index contributed by atoms with van der Waals surface area (Å²) in [7, 11) is 0. The molecule has 0 fully saturated rings. The molecule has 64 valence electrons. The third-order valence-corrected chi connectivity index (χ3v) is 0.986. The van der Waals surface area contributed by atoms with Crippen LogP contribution < -0.4 is 10.9 Å². The lowest BCUT2D eigenvalue weighted by atomic mass is 10.4. The molecule has 0 unspecified atom stereocenters. The highest BCUT2D eigenvalue weighted by Gasteiger charge is 1.86. The fraction of sp³-hybridized carbons (Fsp3) is 0.625. The van der Waals surface area contributed by atoms with Crippen LogP contribution in [-0.2, 0) is 0 Å². The smallest absolute Gasteiger partial charge is 0.0539 e. The van der Waals surface area contributed by atoms with E-state index in [4.69, 9.17) is 0 Å². The molecule has 0 heterocycles. The van der Waals surface area contributed by atoms with Crippen molar-refractivity contribution in [2.75, 3.05) is 0 Å². The summed E-state index contributed by atoms with van der Waals surface area (Å²) in [6, 6.07) is 0.435. The maximum absolute atomic E-state index is 4.06. The van der Waals surface area contributed by atoms with Crippen molar-refractivity contribution in [2.45, 2.75) is 33.7 Å². The molecule has 0 saturated heterocycles. The van der Waals surface area contributed by atoms with E-state index in [0.29, 0.717) is 6.04 Å². The van der Waals surface area contributed by atoms with E-state index in [1.165, 1.54) is 0 Å². The van der Waals surface area contributed by atoms with Gasteiger partial charge in [0, 0.05) is 18.5 Å². The monoisotopic (exact) mass is 155 g/mol. The Hall–Kier alpha value is -0.830. The second-order valence-corrected chi connectivity index (χ2v) is 2.62. The quantitative estimate of drug-likeness (QED) is 0.476. The topological polar surface area (TPSA) is 36.4 Å². The molecule has 3 nitrogen and oxygen atoms in total. The minimum Gasteiger partial charge on any atom is -0.327 e. The number of allylic oxidation sites excluding steroid dienone is 1. The molecule has 0 atom stereocenters. The van der Waals surface area contributed by atoms with Crippen LogP contribution in [0.4, 0.5) is 0 Å². The summed E-state index contributed by atoms with van der Waals surface area (Å²) in [5, 5.41) is 0. The Morgan fingerprint density at radius 2 is 2.09 bits per heavy atom. The fourth-order valence-electron chi connectivity index (χ4n) is 0.554. The zero-order valence-corrected chi connectivity index (χ0v) is 7.68. The number of rotatable bonds is 4. The molecule has 0 aromatic carbocycles. The first-order chi connectivity index (χ1) is 5.16. The van der Waals surface area contributed by atoms with Crippen molar-refractivity contribution in [3.8, 4) is 0 Å². The summed E-state index contributed by atoms with van der Waals surface area (Å²) in [5.74, 6) is 0. The number of nitrogens with one attached hydrogen (secondary N) is 2. The Balaban J connectivity index is 3.56. The zero-order chi connectivity index (χ0) is 8.69. The highest BCUT2D eigenvalue weighted by molar-refractivity contribution is 5.54. The van der Waals surface area contributed by atoms with Crippen LogP contribution in [0.2, 0.25) is 0 Å². The molecule has 0 radical (unpaired) electrons. The van der Waals surface area contributed by atoms with Crippen LogP contribution in [0.15, 0.2) is 16.9 Å². The van der Waals surface area contributed by atoms with Gasteiger partial charge in [0.2, 0.25) is 0 Å². The molecule has 0 aromatic rings. The van der Waals surface area contributed by atoms with Gasteiger partial charge in [0.25, 0.3) is 0 Å². The molecule has 0 aliphatic rings. The van der Waals surface area contributed by atoms with Crippen LogP contribution in [0.5, 0.6) is 0 Å². The van der Waals surface area contributed by atoms with Crippen molar-refractivity contribution >= 4 is 6.21 Å². The number of hydrazine groups is 1. The number of hydrogen-bond donors (Lipinski definition) is 2. The Kier molecular flexibility index (Phi) is 5.47. The third kappa shape index (κ3) is 7.06. The van der Waals surface area contributed by atoms with Gasteiger partial charge in [-0.3, -0.25) is 4.99 Å². The van der Waals surface area contributed by atoms with Gasteiger partial charge in [-0.2, -0.15) is 0 Å². The normalized spacial score (nSPS) is 13.0. The van der Waals surface area contributed by atoms with Crippen molar-refractivity contribution in [3.05, 3.63) is 11.9 Å². The fourth-order valence-corrected chi connectivity index (χ4v) is 0.554. The van der Waals surface area contributed by atoms with Gasteiger partial charge in [-0.25, -0.2) is 5.43 Å². The predicted molar refractivity (Wildman–Crippen MR) is 49.3 cm³/mol. The molecule has 0 saturated carbocycles. The van der Waals surface area contributed by atoms with E-state index in [-0.39, 0.29) is 0 Å². The van der Waals surface area contributed by atoms with Crippen LogP contribution in [0, 0.1) is 0 Å². The molecule has 0 amide bonds. The summed E-state index contributed by atoms with van der Waals surface area (Å²) in [6.07, 6.45) is 3.60. The highest BCUT2D eigenvalue weighted by atomic mass is 15.4. The molecule has 0 aromatic heterocycles. The summed E-state index contributed by atoms with van der Waals surface area (Å²) in [5.41, 5.74) is 6.94. The largest absolute Gasteiger partial charge is 0.327 e. The Bertz CT molecular complexity index is 147. The van der Waals surface area contributed by atoms with E-state index < -0.39 is 0 Å². The number of aliphatic imine (C=N–C) groups is 1. The maximum Gasteiger partial charge on any atom is 0.0539 e. The van der Waals surface area contributed by atoms with E-state index >= 15 is 0 Å². The summed E-state index contributed by atoms with van der Waals surface area (Å²) in [6.45, 7) is 7.97. The highest BCUT2D eigenvalue weighted by Crippen LogP contribution is 1.88. The van der Waals surface area contributed by atoms with Gasteiger partial charge in [-0.15, -0.1) is 0 Å². The van der Waals surface area contributed by atoms with Crippen molar-refractivity contribution in [3.63, 3.8) is 0 Å². The molecule has 0 rings (SSSR count). The molecule has 0 bridgehead atoms. The standard InChI is InChI=1S/C8H17N3/c1-5-9-8(4)6-10-11-7(2)3/h5-7,10-11H,1-4H3/b8-6-,9-5+. The molecule has 0 aliphatic heterocycles. The first-order valence-corrected chi connectivity index (χ1v) is 3.83. The molecule has 0 spiro atoms. The lowest BCUT2D eigenvalue weighted by Gasteiger charge is -2.06. The Morgan fingerprint density at radius 1 is 1.45 bits per heavy atom. The van der Waals surface area contributed by atoms with Crippen molar-refractivity contribution < 1.29 is 0 Å². The van der Waals surface area contributed by atoms with Gasteiger partial charge in [-0.1, -0.05) is 0 Å². The molecular formula is C8H17N3. The molecule has 2 N–H and O–H groups in total. The van der Waals surface area contributed by atoms with Crippen molar-refractivity contribution in [1.82, 2.24) is 10.9 Å². The van der Waals surface area contributed by atoms with Crippen LogP contribution in [-0.4, -0.2) is 12.3 Å². The second-order valence-electron chi connectivity index (χ2n) is 2.62. The molecule has 11 heavy (non-hydrogen) atoms. The van der Waals surface area contributed by atoms with Gasteiger partial charge in [0.05, 0.1) is 5.70 Å². The molecule has 0 aliphatic carbocycles. The van der Waals surface area contributed by atoms with Gasteiger partial charge in [0.15, 0.2) is 0 Å². The first kappa shape index (κ1) is 10.2. The lowest BCUT2D eigenvalue weighted by Crippen LogP contribution is -2.33. The summed E-state index contributed by atoms with van der Waals surface area (Å²) < 4.78 is 0. The third-order valence-electron chi connectivity index (χ3n) is 0.986. The first-order valence-electron chi connectivity index (χ1n) is 3.83. The lowest BCUT2D eigenvalue weighted by molar-refractivity contribution is 0.537. The maximum atomic E-state index is 4.06. The van der Waals surface area contributed by atoms with Crippen LogP contribution >= 0.6 is 0 Å². The SMILES string of the molecule is C/C=N/C(C)=C\NNC(C)C. The minimum atomic E-state index is 0.435. The minimum absolute atomic E-state index is 0.435. The second kappa shape index (κ2) is 5.92. The van der Waals surface area contributed by atoms with Crippen molar-refractivity contribution in [2.24, 2.45) is 4.99 Å². The van der Waals surface area contributed by atoms with E-state index in [2.05, 4.69) is 29.7 Å². The number of hydrogen-bond acceptors (Lipinski definition) is 3. The average Bonchev–Trinajstić information content (AvgIpc) is 1.87. The van der Waals surface area contributed by atoms with Gasteiger partial charge < -0.3 is 5.43 Å². The average molecular weight is 155 g/mol. The van der Waals surface area contributed by atoms with E-state index in [1.54, 1.807) is 6.21 Å². The molecule has 3 heteroatoms. The summed E-state index contributed by atoms with van der Waals surface area (Å²) >= 11 is 0. The van der Waals surface area contributed by atoms with Gasteiger partial charge in [0.1, 0.15) is 0 Å². The summed E-state index contributed by atoms with van der Waals surface area (Å²) in [4.78, 5) is 4.06. The van der Waals surface area contributed by atoms with Crippen LogP contribution in [0.3, 0.4) is 0 Å². The van der Waals surface area contributed by atoms with Crippen LogP contribution in [0.25, 0.3) is 0 Å². The Morgan fingerprint density at radius 3 is 2.55 bits per heavy atom. The van der Waals surface area contributed by atoms with E-state index in [9.17, 15) is 0 Å². The predicted octanol–water partition coefficient (Wildman–Crippen LogP) is 1.44. The van der Waals surface area contributed by atoms with Gasteiger partial charge in [-0.05, 0) is 27.7 Å². The van der Waals surface area contributed by atoms with Crippen molar-refractivity contribution in [1.29, 1.82) is 0 Å². The molecular weight excluding hydrogens is 138 g/mol. The van der Waals surface area contributed by atoms with Crippen LogP contribution in [0.1, 0.15) is 27.7 Å². The van der Waals surface area contributed by atoms with Gasteiger partial charge >= 0.3 is 0 Å². The Labute approximate surface area is 68.6 Å².